The highest BCUT2D eigenvalue weighted by Crippen LogP contribution is 2.02. The standard InChI is InChI=1S/C12H21NS/c1-4-11-14-12-9-7-8-10-13(5-2)6-3/h9,12H,4-6,10-11H2,1-3H3/b12-9+. The fourth-order valence-electron chi connectivity index (χ4n) is 0.932. The molecule has 0 spiro atoms. The maximum atomic E-state index is 3.14. The normalized spacial score (nSPS) is 10.6. The van der Waals surface area contributed by atoms with Crippen molar-refractivity contribution in [2.45, 2.75) is 27.2 Å². The van der Waals surface area contributed by atoms with Crippen LogP contribution in [0.1, 0.15) is 27.2 Å². The number of hydrogen-bond donors (Lipinski definition) is 0. The predicted molar refractivity (Wildman–Crippen MR) is 67.5 cm³/mol. The molecule has 80 valence electrons. The minimum Gasteiger partial charge on any atom is -0.293 e. The smallest absolute Gasteiger partial charge is 0.0604 e. The van der Waals surface area contributed by atoms with Gasteiger partial charge in [-0.05, 0) is 36.7 Å². The fourth-order valence-corrected chi connectivity index (χ4v) is 1.47. The lowest BCUT2D eigenvalue weighted by Gasteiger charge is -2.12. The topological polar surface area (TPSA) is 3.24 Å². The first-order valence-corrected chi connectivity index (χ1v) is 6.37. The molecule has 0 unspecified atom stereocenters. The maximum Gasteiger partial charge on any atom is 0.0604 e. The van der Waals surface area contributed by atoms with E-state index < -0.39 is 0 Å². The van der Waals surface area contributed by atoms with Crippen LogP contribution in [0.5, 0.6) is 0 Å². The van der Waals surface area contributed by atoms with Gasteiger partial charge in [-0.3, -0.25) is 4.90 Å². The van der Waals surface area contributed by atoms with Gasteiger partial charge in [0.25, 0.3) is 0 Å². The van der Waals surface area contributed by atoms with Crippen LogP contribution in [-0.2, 0) is 0 Å². The Bertz CT molecular complexity index is 196. The highest BCUT2D eigenvalue weighted by Gasteiger charge is 1.92. The van der Waals surface area contributed by atoms with Gasteiger partial charge < -0.3 is 0 Å². The second-order valence-corrected chi connectivity index (χ2v) is 3.97. The van der Waals surface area contributed by atoms with Crippen LogP contribution in [0.15, 0.2) is 11.5 Å². The van der Waals surface area contributed by atoms with E-state index in [2.05, 4.69) is 42.9 Å². The molecule has 0 atom stereocenters. The summed E-state index contributed by atoms with van der Waals surface area (Å²) in [7, 11) is 0. The quantitative estimate of drug-likeness (QED) is 0.491. The molecule has 0 N–H and O–H groups in total. The molecule has 0 radical (unpaired) electrons. The van der Waals surface area contributed by atoms with Crippen molar-refractivity contribution in [2.75, 3.05) is 25.4 Å². The van der Waals surface area contributed by atoms with Crippen LogP contribution in [0.3, 0.4) is 0 Å². The van der Waals surface area contributed by atoms with Gasteiger partial charge in [0.05, 0.1) is 6.54 Å². The summed E-state index contributed by atoms with van der Waals surface area (Å²) in [5.41, 5.74) is 0. The SMILES string of the molecule is CCCS/C=C/C#CCN(CC)CC. The molecule has 1 nitrogen and oxygen atoms in total. The van der Waals surface area contributed by atoms with Crippen LogP contribution in [0, 0.1) is 11.8 Å². The fraction of sp³-hybridized carbons (Fsp3) is 0.667. The molecule has 0 aromatic carbocycles. The van der Waals surface area contributed by atoms with Crippen LogP contribution >= 0.6 is 11.8 Å². The van der Waals surface area contributed by atoms with Crippen molar-refractivity contribution >= 4 is 11.8 Å². The van der Waals surface area contributed by atoms with E-state index in [0.29, 0.717) is 0 Å². The van der Waals surface area contributed by atoms with Crippen LogP contribution < -0.4 is 0 Å². The van der Waals surface area contributed by atoms with Crippen LogP contribution in [0.4, 0.5) is 0 Å². The molecule has 0 saturated carbocycles. The van der Waals surface area contributed by atoms with Crippen molar-refractivity contribution in [3.63, 3.8) is 0 Å². The molecule has 0 aliphatic heterocycles. The Morgan fingerprint density at radius 2 is 1.93 bits per heavy atom. The Balaban J connectivity index is 3.55. The van der Waals surface area contributed by atoms with E-state index in [1.165, 1.54) is 12.2 Å². The summed E-state index contributed by atoms with van der Waals surface area (Å²) in [5.74, 6) is 7.38. The number of thioether (sulfide) groups is 1. The van der Waals surface area contributed by atoms with Crippen molar-refractivity contribution in [1.82, 2.24) is 4.90 Å². The first-order valence-electron chi connectivity index (χ1n) is 5.32. The van der Waals surface area contributed by atoms with E-state index in [1.54, 1.807) is 0 Å². The Morgan fingerprint density at radius 3 is 2.50 bits per heavy atom. The number of allylic oxidation sites excluding steroid dienone is 1. The molecule has 0 heterocycles. The zero-order valence-electron chi connectivity index (χ0n) is 9.55. The summed E-state index contributed by atoms with van der Waals surface area (Å²) in [6.45, 7) is 9.57. The predicted octanol–water partition coefficient (Wildman–Crippen LogP) is 2.99. The molecule has 0 amide bonds. The van der Waals surface area contributed by atoms with Gasteiger partial charge in [0, 0.05) is 0 Å². The summed E-state index contributed by atoms with van der Waals surface area (Å²) < 4.78 is 0. The average Bonchev–Trinajstić information content (AvgIpc) is 2.22. The molecule has 0 aromatic heterocycles. The third kappa shape index (κ3) is 8.22. The molecular formula is C12H21NS. The summed E-state index contributed by atoms with van der Waals surface area (Å²) in [4.78, 5) is 2.31. The summed E-state index contributed by atoms with van der Waals surface area (Å²) in [6.07, 6.45) is 3.17. The van der Waals surface area contributed by atoms with E-state index >= 15 is 0 Å². The highest BCUT2D eigenvalue weighted by molar-refractivity contribution is 8.02. The molecule has 0 aliphatic carbocycles. The summed E-state index contributed by atoms with van der Waals surface area (Å²) in [5, 5.41) is 2.08. The Morgan fingerprint density at radius 1 is 1.21 bits per heavy atom. The van der Waals surface area contributed by atoms with Gasteiger partial charge in [-0.15, -0.1) is 11.8 Å². The molecule has 0 fully saturated rings. The lowest BCUT2D eigenvalue weighted by atomic mass is 10.4. The van der Waals surface area contributed by atoms with Gasteiger partial charge in [-0.25, -0.2) is 0 Å². The zero-order chi connectivity index (χ0) is 10.6. The van der Waals surface area contributed by atoms with E-state index in [-0.39, 0.29) is 0 Å². The molecule has 0 bridgehead atoms. The number of rotatable bonds is 6. The average molecular weight is 211 g/mol. The zero-order valence-corrected chi connectivity index (χ0v) is 10.4. The van der Waals surface area contributed by atoms with Crippen LogP contribution in [0.25, 0.3) is 0 Å². The van der Waals surface area contributed by atoms with E-state index in [9.17, 15) is 0 Å². The molecule has 0 rings (SSSR count). The van der Waals surface area contributed by atoms with Gasteiger partial charge in [0.1, 0.15) is 0 Å². The van der Waals surface area contributed by atoms with E-state index in [1.807, 2.05) is 17.8 Å². The van der Waals surface area contributed by atoms with Crippen molar-refractivity contribution in [3.05, 3.63) is 11.5 Å². The second-order valence-electron chi connectivity index (χ2n) is 2.96. The maximum absolute atomic E-state index is 3.14. The number of hydrogen-bond acceptors (Lipinski definition) is 2. The summed E-state index contributed by atoms with van der Waals surface area (Å²) in [6, 6.07) is 0. The molecule has 0 saturated heterocycles. The lowest BCUT2D eigenvalue weighted by Crippen LogP contribution is -2.22. The molecule has 2 heteroatoms. The van der Waals surface area contributed by atoms with E-state index in [0.717, 1.165) is 19.6 Å². The van der Waals surface area contributed by atoms with E-state index in [4.69, 9.17) is 0 Å². The molecular weight excluding hydrogens is 190 g/mol. The number of nitrogens with zero attached hydrogens (tertiary/aromatic N) is 1. The highest BCUT2D eigenvalue weighted by atomic mass is 32.2. The molecule has 14 heavy (non-hydrogen) atoms. The van der Waals surface area contributed by atoms with Crippen molar-refractivity contribution in [3.8, 4) is 11.8 Å². The van der Waals surface area contributed by atoms with Gasteiger partial charge in [0.2, 0.25) is 0 Å². The Hall–Kier alpha value is -0.390. The summed E-state index contributed by atoms with van der Waals surface area (Å²) >= 11 is 1.83. The monoisotopic (exact) mass is 211 g/mol. The molecule has 0 aliphatic rings. The largest absolute Gasteiger partial charge is 0.293 e. The Labute approximate surface area is 92.9 Å². The van der Waals surface area contributed by atoms with Crippen molar-refractivity contribution in [1.29, 1.82) is 0 Å². The van der Waals surface area contributed by atoms with Gasteiger partial charge in [-0.2, -0.15) is 0 Å². The minimum absolute atomic E-state index is 0.885. The second kappa shape index (κ2) is 10.7. The van der Waals surface area contributed by atoms with Crippen molar-refractivity contribution < 1.29 is 0 Å². The van der Waals surface area contributed by atoms with Gasteiger partial charge >= 0.3 is 0 Å². The third-order valence-corrected chi connectivity index (χ3v) is 2.84. The third-order valence-electron chi connectivity index (χ3n) is 1.87. The van der Waals surface area contributed by atoms with Gasteiger partial charge in [-0.1, -0.05) is 32.6 Å². The minimum atomic E-state index is 0.885. The Kier molecular flexibility index (Phi) is 10.4. The lowest BCUT2D eigenvalue weighted by molar-refractivity contribution is 0.342. The van der Waals surface area contributed by atoms with Gasteiger partial charge in [0.15, 0.2) is 0 Å². The molecule has 0 aromatic rings. The first-order chi connectivity index (χ1) is 6.85. The van der Waals surface area contributed by atoms with Crippen LogP contribution in [0.2, 0.25) is 0 Å². The van der Waals surface area contributed by atoms with Crippen molar-refractivity contribution in [2.24, 2.45) is 0 Å². The first kappa shape index (κ1) is 13.6. The van der Waals surface area contributed by atoms with Crippen LogP contribution in [-0.4, -0.2) is 30.3 Å².